The molecule has 220 valence electrons. The minimum Gasteiger partial charge on any atom is -0.493 e. The van der Waals surface area contributed by atoms with Gasteiger partial charge in [0.15, 0.2) is 29.0 Å². The molecule has 1 atom stereocenters. The Kier molecular flexibility index (Phi) is 6.77. The third-order valence-electron chi connectivity index (χ3n) is 7.96. The second-order valence-electron chi connectivity index (χ2n) is 10.7. The SMILES string of the molecule is COc1cc([C@H]2c3c(C)nn(-c4ccccc4)c3N=C3C(Nc4ccc(C)cc4)=Nc4ccccc4N32)cc(OC)c1OC. The first kappa shape index (κ1) is 27.3. The van der Waals surface area contributed by atoms with Crippen molar-refractivity contribution < 1.29 is 14.2 Å². The Morgan fingerprint density at radius 2 is 1.43 bits per heavy atom. The van der Waals surface area contributed by atoms with Gasteiger partial charge in [-0.25, -0.2) is 14.7 Å². The van der Waals surface area contributed by atoms with Crippen molar-refractivity contribution in [3.63, 3.8) is 0 Å². The zero-order valence-corrected chi connectivity index (χ0v) is 25.2. The standard InChI is InChI=1S/C35H32N6O3/c1-21-15-17-24(18-16-21)36-33-35-38-34-30(22(2)39-41(34)25-11-7-6-8-12-25)31(40(35)27-14-10-9-13-26(27)37-33)23-19-28(42-3)32(44-5)29(20-23)43-4/h6-20,31H,1-5H3,(H,36,37)/t31-/m0/s1. The minimum atomic E-state index is -0.352. The van der Waals surface area contributed by atoms with E-state index in [-0.39, 0.29) is 6.04 Å². The molecule has 44 heavy (non-hydrogen) atoms. The van der Waals surface area contributed by atoms with Crippen molar-refractivity contribution >= 4 is 34.6 Å². The molecule has 9 heteroatoms. The lowest BCUT2D eigenvalue weighted by molar-refractivity contribution is 0.323. The molecule has 9 nitrogen and oxygen atoms in total. The lowest BCUT2D eigenvalue weighted by Gasteiger charge is -2.40. The summed E-state index contributed by atoms with van der Waals surface area (Å²) in [5.41, 5.74) is 7.52. The lowest BCUT2D eigenvalue weighted by Crippen LogP contribution is -2.46. The number of hydrogen-bond donors (Lipinski definition) is 1. The van der Waals surface area contributed by atoms with Gasteiger partial charge >= 0.3 is 0 Å². The number of amidine groups is 2. The van der Waals surface area contributed by atoms with Crippen LogP contribution in [0, 0.1) is 13.8 Å². The first-order valence-corrected chi connectivity index (χ1v) is 14.3. The molecule has 0 bridgehead atoms. The number of methoxy groups -OCH3 is 3. The molecule has 4 aromatic carbocycles. The highest BCUT2D eigenvalue weighted by Crippen LogP contribution is 2.50. The van der Waals surface area contributed by atoms with Crippen LogP contribution < -0.4 is 24.4 Å². The fraction of sp³-hybridized carbons (Fsp3) is 0.171. The molecule has 3 heterocycles. The molecular formula is C35H32N6O3. The molecule has 1 aromatic heterocycles. The normalized spacial score (nSPS) is 14.9. The minimum absolute atomic E-state index is 0.352. The highest BCUT2D eigenvalue weighted by atomic mass is 16.5. The number of rotatable bonds is 6. The molecule has 5 aromatic rings. The van der Waals surface area contributed by atoms with Gasteiger partial charge in [-0.3, -0.25) is 0 Å². The molecule has 7 rings (SSSR count). The van der Waals surface area contributed by atoms with Gasteiger partial charge in [-0.05, 0) is 67.9 Å². The number of aryl methyl sites for hydroxylation is 2. The Labute approximate surface area is 256 Å². The average molecular weight is 585 g/mol. The van der Waals surface area contributed by atoms with Gasteiger partial charge in [0, 0.05) is 11.3 Å². The third-order valence-corrected chi connectivity index (χ3v) is 7.96. The second kappa shape index (κ2) is 10.9. The Morgan fingerprint density at radius 1 is 0.750 bits per heavy atom. The summed E-state index contributed by atoms with van der Waals surface area (Å²) in [6.45, 7) is 4.10. The quantitative estimate of drug-likeness (QED) is 0.225. The Hall–Kier alpha value is -5.57. The van der Waals surface area contributed by atoms with Crippen LogP contribution in [-0.4, -0.2) is 42.8 Å². The third kappa shape index (κ3) is 4.44. The van der Waals surface area contributed by atoms with Gasteiger partial charge in [-0.1, -0.05) is 48.0 Å². The van der Waals surface area contributed by atoms with Crippen LogP contribution in [0.1, 0.15) is 28.4 Å². The van der Waals surface area contributed by atoms with Crippen molar-refractivity contribution in [2.24, 2.45) is 9.98 Å². The van der Waals surface area contributed by atoms with Gasteiger partial charge < -0.3 is 24.4 Å². The maximum absolute atomic E-state index is 5.81. The van der Waals surface area contributed by atoms with Crippen LogP contribution in [0.2, 0.25) is 0 Å². The topological polar surface area (TPSA) is 85.5 Å². The summed E-state index contributed by atoms with van der Waals surface area (Å²) >= 11 is 0. The highest BCUT2D eigenvalue weighted by molar-refractivity contribution is 6.51. The van der Waals surface area contributed by atoms with Gasteiger partial charge in [0.25, 0.3) is 0 Å². The molecule has 0 radical (unpaired) electrons. The number of aliphatic imine (C=N–C) groups is 2. The second-order valence-corrected chi connectivity index (χ2v) is 10.7. The van der Waals surface area contributed by atoms with Gasteiger partial charge in [0.05, 0.1) is 50.1 Å². The van der Waals surface area contributed by atoms with Crippen LogP contribution in [-0.2, 0) is 0 Å². The summed E-state index contributed by atoms with van der Waals surface area (Å²) < 4.78 is 19.2. The van der Waals surface area contributed by atoms with E-state index in [0.29, 0.717) is 28.9 Å². The molecule has 0 amide bonds. The van der Waals surface area contributed by atoms with E-state index in [1.807, 2.05) is 84.4 Å². The van der Waals surface area contributed by atoms with Crippen LogP contribution in [0.15, 0.2) is 101 Å². The summed E-state index contributed by atoms with van der Waals surface area (Å²) in [6.07, 6.45) is 0. The van der Waals surface area contributed by atoms with Crippen molar-refractivity contribution in [2.75, 3.05) is 31.5 Å². The summed E-state index contributed by atoms with van der Waals surface area (Å²) in [6, 6.07) is 30.1. The van der Waals surface area contributed by atoms with Crippen molar-refractivity contribution in [2.45, 2.75) is 19.9 Å². The number of aromatic nitrogens is 2. The summed E-state index contributed by atoms with van der Waals surface area (Å²) in [4.78, 5) is 12.6. The number of para-hydroxylation sites is 3. The zero-order chi connectivity index (χ0) is 30.4. The van der Waals surface area contributed by atoms with Crippen LogP contribution in [0.4, 0.5) is 22.9 Å². The smallest absolute Gasteiger partial charge is 0.203 e. The number of fused-ring (bicyclic) bond motifs is 4. The molecule has 0 saturated heterocycles. The van der Waals surface area contributed by atoms with Crippen molar-refractivity contribution in [1.29, 1.82) is 0 Å². The lowest BCUT2D eigenvalue weighted by atomic mass is 9.92. The molecule has 0 fully saturated rings. The zero-order valence-electron chi connectivity index (χ0n) is 25.2. The highest BCUT2D eigenvalue weighted by Gasteiger charge is 2.42. The Morgan fingerprint density at radius 3 is 2.11 bits per heavy atom. The van der Waals surface area contributed by atoms with E-state index >= 15 is 0 Å². The van der Waals surface area contributed by atoms with E-state index in [9.17, 15) is 0 Å². The largest absolute Gasteiger partial charge is 0.493 e. The van der Waals surface area contributed by atoms with Crippen LogP contribution in [0.3, 0.4) is 0 Å². The molecule has 2 aliphatic heterocycles. The molecule has 0 aliphatic carbocycles. The average Bonchev–Trinajstić information content (AvgIpc) is 3.40. The van der Waals surface area contributed by atoms with Gasteiger partial charge in [-0.15, -0.1) is 0 Å². The fourth-order valence-electron chi connectivity index (χ4n) is 5.90. The fourth-order valence-corrected chi connectivity index (χ4v) is 5.90. The molecular weight excluding hydrogens is 552 g/mol. The number of nitrogens with one attached hydrogen (secondary N) is 1. The predicted octanol–water partition coefficient (Wildman–Crippen LogP) is 7.31. The summed E-state index contributed by atoms with van der Waals surface area (Å²) in [5, 5.41) is 8.58. The maximum Gasteiger partial charge on any atom is 0.203 e. The molecule has 0 unspecified atom stereocenters. The number of anilines is 2. The van der Waals surface area contributed by atoms with Crippen LogP contribution >= 0.6 is 0 Å². The van der Waals surface area contributed by atoms with Gasteiger partial charge in [-0.2, -0.15) is 5.10 Å². The number of hydrogen-bond acceptors (Lipinski definition) is 8. The van der Waals surface area contributed by atoms with Crippen molar-refractivity contribution in [3.8, 4) is 22.9 Å². The first-order chi connectivity index (χ1) is 21.5. The number of ether oxygens (including phenoxy) is 3. The van der Waals surface area contributed by atoms with Crippen molar-refractivity contribution in [1.82, 2.24) is 9.78 Å². The number of benzene rings is 4. The van der Waals surface area contributed by atoms with E-state index in [0.717, 1.165) is 45.4 Å². The van der Waals surface area contributed by atoms with Crippen LogP contribution in [0.5, 0.6) is 17.2 Å². The van der Waals surface area contributed by atoms with E-state index in [1.165, 1.54) is 5.56 Å². The van der Waals surface area contributed by atoms with E-state index in [1.54, 1.807) is 21.3 Å². The van der Waals surface area contributed by atoms with E-state index < -0.39 is 0 Å². The molecule has 1 N–H and O–H groups in total. The van der Waals surface area contributed by atoms with Gasteiger partial charge in [0.2, 0.25) is 5.75 Å². The molecule has 2 aliphatic rings. The first-order valence-electron chi connectivity index (χ1n) is 14.3. The maximum atomic E-state index is 5.81. The van der Waals surface area contributed by atoms with Gasteiger partial charge in [0.1, 0.15) is 0 Å². The molecule has 0 saturated carbocycles. The van der Waals surface area contributed by atoms with Crippen LogP contribution in [0.25, 0.3) is 5.69 Å². The summed E-state index contributed by atoms with van der Waals surface area (Å²) in [5.74, 6) is 3.70. The number of nitrogens with zero attached hydrogens (tertiary/aromatic N) is 5. The van der Waals surface area contributed by atoms with E-state index in [4.69, 9.17) is 29.3 Å². The Bertz CT molecular complexity index is 1900. The monoisotopic (exact) mass is 584 g/mol. The predicted molar refractivity (Wildman–Crippen MR) is 174 cm³/mol. The van der Waals surface area contributed by atoms with Crippen molar-refractivity contribution in [3.05, 3.63) is 113 Å². The molecule has 0 spiro atoms. The van der Waals surface area contributed by atoms with E-state index in [2.05, 4.69) is 35.3 Å². The Balaban J connectivity index is 1.52. The summed E-state index contributed by atoms with van der Waals surface area (Å²) in [7, 11) is 4.87.